The van der Waals surface area contributed by atoms with Crippen LogP contribution in [0.2, 0.25) is 0 Å². The average molecular weight is 297 g/mol. The van der Waals surface area contributed by atoms with Crippen molar-refractivity contribution >= 4 is 11.6 Å². The molecule has 0 atom stereocenters. The molecule has 22 heavy (non-hydrogen) atoms. The Labute approximate surface area is 126 Å². The van der Waals surface area contributed by atoms with Gasteiger partial charge in [0.05, 0.1) is 5.69 Å². The molecule has 2 aromatic heterocycles. The number of carbonyl (C=O) groups excluding carboxylic acids is 1. The Morgan fingerprint density at radius 2 is 1.95 bits per heavy atom. The Bertz CT molecular complexity index is 759. The Hall–Kier alpha value is -3.03. The quantitative estimate of drug-likeness (QED) is 0.791. The molecule has 1 aromatic carbocycles. The number of carbonyl (C=O) groups is 1. The number of nitrogens with one attached hydrogen (secondary N) is 1. The van der Waals surface area contributed by atoms with Crippen molar-refractivity contribution in [2.24, 2.45) is 0 Å². The predicted molar refractivity (Wildman–Crippen MR) is 79.7 cm³/mol. The molecular weight excluding hydrogens is 282 g/mol. The van der Waals surface area contributed by atoms with Gasteiger partial charge in [-0.15, -0.1) is 5.10 Å². The van der Waals surface area contributed by atoms with Crippen LogP contribution in [0.25, 0.3) is 5.69 Å². The van der Waals surface area contributed by atoms with Gasteiger partial charge in [-0.25, -0.2) is 4.68 Å². The standard InChI is InChI=1S/C14H15N7O/c1-10(2)20-8-7-13(17-20)14(22)16-11-3-5-12(6-4-11)21-9-15-18-19-21/h3-10H,1-2H3,(H,16,22). The summed E-state index contributed by atoms with van der Waals surface area (Å²) in [5.74, 6) is -0.241. The summed E-state index contributed by atoms with van der Waals surface area (Å²) in [5.41, 5.74) is 1.88. The maximum Gasteiger partial charge on any atom is 0.276 e. The van der Waals surface area contributed by atoms with Crippen LogP contribution in [-0.4, -0.2) is 35.9 Å². The number of nitrogens with zero attached hydrogens (tertiary/aromatic N) is 6. The summed E-state index contributed by atoms with van der Waals surface area (Å²) < 4.78 is 3.28. The third kappa shape index (κ3) is 2.85. The normalized spacial score (nSPS) is 10.9. The maximum absolute atomic E-state index is 12.1. The van der Waals surface area contributed by atoms with Gasteiger partial charge in [0.25, 0.3) is 5.91 Å². The largest absolute Gasteiger partial charge is 0.321 e. The lowest BCUT2D eigenvalue weighted by atomic mass is 10.2. The molecule has 8 heteroatoms. The Morgan fingerprint density at radius 3 is 2.55 bits per heavy atom. The molecule has 0 saturated carbocycles. The zero-order valence-corrected chi connectivity index (χ0v) is 12.2. The second-order valence-corrected chi connectivity index (χ2v) is 5.03. The van der Waals surface area contributed by atoms with Gasteiger partial charge in [0.15, 0.2) is 5.69 Å². The highest BCUT2D eigenvalue weighted by Gasteiger charge is 2.11. The fourth-order valence-corrected chi connectivity index (χ4v) is 1.92. The molecular formula is C14H15N7O. The lowest BCUT2D eigenvalue weighted by Gasteiger charge is -2.06. The fraction of sp³-hybridized carbons (Fsp3) is 0.214. The first-order valence-electron chi connectivity index (χ1n) is 6.83. The zero-order valence-electron chi connectivity index (χ0n) is 12.2. The molecule has 2 heterocycles. The maximum atomic E-state index is 12.1. The molecule has 112 valence electrons. The van der Waals surface area contributed by atoms with E-state index in [1.54, 1.807) is 29.1 Å². The van der Waals surface area contributed by atoms with Gasteiger partial charge in [0.1, 0.15) is 6.33 Å². The van der Waals surface area contributed by atoms with E-state index in [0.29, 0.717) is 11.4 Å². The number of tetrazole rings is 1. The van der Waals surface area contributed by atoms with Gasteiger partial charge in [-0.1, -0.05) is 0 Å². The van der Waals surface area contributed by atoms with E-state index < -0.39 is 0 Å². The van der Waals surface area contributed by atoms with Gasteiger partial charge < -0.3 is 5.32 Å². The minimum atomic E-state index is -0.241. The van der Waals surface area contributed by atoms with Gasteiger partial charge >= 0.3 is 0 Å². The summed E-state index contributed by atoms with van der Waals surface area (Å²) in [6.07, 6.45) is 3.30. The first kappa shape index (κ1) is 13.9. The lowest BCUT2D eigenvalue weighted by molar-refractivity contribution is 0.102. The van der Waals surface area contributed by atoms with Crippen molar-refractivity contribution in [1.82, 2.24) is 30.0 Å². The van der Waals surface area contributed by atoms with Gasteiger partial charge in [-0.2, -0.15) is 5.10 Å². The molecule has 0 aliphatic carbocycles. The Balaban J connectivity index is 1.71. The van der Waals surface area contributed by atoms with E-state index >= 15 is 0 Å². The first-order valence-corrected chi connectivity index (χ1v) is 6.83. The second kappa shape index (κ2) is 5.76. The summed E-state index contributed by atoms with van der Waals surface area (Å²) >= 11 is 0. The van der Waals surface area contributed by atoms with Crippen LogP contribution < -0.4 is 5.32 Å². The average Bonchev–Trinajstić information content (AvgIpc) is 3.20. The molecule has 0 aliphatic rings. The van der Waals surface area contributed by atoms with Crippen LogP contribution in [0.15, 0.2) is 42.9 Å². The topological polar surface area (TPSA) is 90.5 Å². The van der Waals surface area contributed by atoms with Crippen LogP contribution in [0.3, 0.4) is 0 Å². The van der Waals surface area contributed by atoms with Crippen molar-refractivity contribution in [3.63, 3.8) is 0 Å². The van der Waals surface area contributed by atoms with Gasteiger partial charge in [0.2, 0.25) is 0 Å². The molecule has 0 saturated heterocycles. The van der Waals surface area contributed by atoms with Crippen molar-refractivity contribution in [2.45, 2.75) is 19.9 Å². The molecule has 1 N–H and O–H groups in total. The van der Waals surface area contributed by atoms with Gasteiger partial charge in [0, 0.05) is 17.9 Å². The predicted octanol–water partition coefficient (Wildman–Crippen LogP) is 1.69. The molecule has 0 bridgehead atoms. The van der Waals surface area contributed by atoms with Crippen molar-refractivity contribution < 1.29 is 4.79 Å². The number of aromatic nitrogens is 6. The summed E-state index contributed by atoms with van der Waals surface area (Å²) in [6, 6.07) is 9.13. The first-order chi connectivity index (χ1) is 10.6. The van der Waals surface area contributed by atoms with E-state index in [0.717, 1.165) is 5.69 Å². The minimum absolute atomic E-state index is 0.220. The molecule has 8 nitrogen and oxygen atoms in total. The van der Waals surface area contributed by atoms with E-state index in [-0.39, 0.29) is 11.9 Å². The number of benzene rings is 1. The van der Waals surface area contributed by atoms with Crippen molar-refractivity contribution in [3.05, 3.63) is 48.5 Å². The Kier molecular flexibility index (Phi) is 3.65. The zero-order chi connectivity index (χ0) is 15.5. The van der Waals surface area contributed by atoms with Crippen molar-refractivity contribution in [1.29, 1.82) is 0 Å². The van der Waals surface area contributed by atoms with E-state index in [2.05, 4.69) is 25.9 Å². The number of amides is 1. The minimum Gasteiger partial charge on any atom is -0.321 e. The third-order valence-electron chi connectivity index (χ3n) is 3.11. The molecule has 3 aromatic rings. The number of anilines is 1. The summed E-state index contributed by atoms with van der Waals surface area (Å²) in [7, 11) is 0. The van der Waals surface area contributed by atoms with Crippen LogP contribution >= 0.6 is 0 Å². The van der Waals surface area contributed by atoms with E-state index in [4.69, 9.17) is 0 Å². The van der Waals surface area contributed by atoms with Crippen LogP contribution in [-0.2, 0) is 0 Å². The fourth-order valence-electron chi connectivity index (χ4n) is 1.92. The molecule has 3 rings (SSSR count). The van der Waals surface area contributed by atoms with Crippen molar-refractivity contribution in [2.75, 3.05) is 5.32 Å². The highest BCUT2D eigenvalue weighted by molar-refractivity contribution is 6.02. The summed E-state index contributed by atoms with van der Waals surface area (Å²) in [6.45, 7) is 4.01. The van der Waals surface area contributed by atoms with Gasteiger partial charge in [-0.3, -0.25) is 9.48 Å². The van der Waals surface area contributed by atoms with Gasteiger partial charge in [-0.05, 0) is 54.6 Å². The summed E-state index contributed by atoms with van der Waals surface area (Å²) in [5, 5.41) is 18.0. The lowest BCUT2D eigenvalue weighted by Crippen LogP contribution is -2.13. The number of rotatable bonds is 4. The van der Waals surface area contributed by atoms with E-state index in [1.807, 2.05) is 26.0 Å². The van der Waals surface area contributed by atoms with Crippen LogP contribution in [0, 0.1) is 0 Å². The molecule has 0 radical (unpaired) electrons. The van der Waals surface area contributed by atoms with Crippen LogP contribution in [0.1, 0.15) is 30.4 Å². The van der Waals surface area contributed by atoms with E-state index in [9.17, 15) is 4.79 Å². The molecule has 0 fully saturated rings. The molecule has 0 spiro atoms. The third-order valence-corrected chi connectivity index (χ3v) is 3.11. The van der Waals surface area contributed by atoms with Crippen LogP contribution in [0.5, 0.6) is 0 Å². The SMILES string of the molecule is CC(C)n1ccc(C(=O)Nc2ccc(-n3cnnn3)cc2)n1. The molecule has 0 aliphatic heterocycles. The van der Waals surface area contributed by atoms with Crippen LogP contribution in [0.4, 0.5) is 5.69 Å². The number of hydrogen-bond acceptors (Lipinski definition) is 5. The Morgan fingerprint density at radius 1 is 1.18 bits per heavy atom. The monoisotopic (exact) mass is 297 g/mol. The van der Waals surface area contributed by atoms with Crippen molar-refractivity contribution in [3.8, 4) is 5.69 Å². The molecule has 0 unspecified atom stereocenters. The summed E-state index contributed by atoms with van der Waals surface area (Å²) in [4.78, 5) is 12.1. The highest BCUT2D eigenvalue weighted by Crippen LogP contribution is 2.13. The van der Waals surface area contributed by atoms with E-state index in [1.165, 1.54) is 11.0 Å². The second-order valence-electron chi connectivity index (χ2n) is 5.03. The number of hydrogen-bond donors (Lipinski definition) is 1. The smallest absolute Gasteiger partial charge is 0.276 e. The highest BCUT2D eigenvalue weighted by atomic mass is 16.1. The molecule has 1 amide bonds.